The van der Waals surface area contributed by atoms with Crippen LogP contribution in [0, 0.1) is 5.92 Å². The van der Waals surface area contributed by atoms with Crippen LogP contribution >= 0.6 is 11.6 Å². The number of phenols is 1. The van der Waals surface area contributed by atoms with Gasteiger partial charge in [0.1, 0.15) is 5.75 Å². The molecule has 0 spiro atoms. The normalized spacial score (nSPS) is 21.9. The number of phenolic OH excluding ortho intramolecular Hbond substituents is 1. The van der Waals surface area contributed by atoms with E-state index >= 15 is 0 Å². The zero-order valence-electron chi connectivity index (χ0n) is 12.0. The molecule has 1 aliphatic heterocycles. The van der Waals surface area contributed by atoms with Crippen molar-refractivity contribution in [2.45, 2.75) is 25.9 Å². The fraction of sp³-hybridized carbons (Fsp3) is 0.533. The average molecular weight is 314 g/mol. The highest BCUT2D eigenvalue weighted by Gasteiger charge is 2.38. The predicted molar refractivity (Wildman–Crippen MR) is 79.6 cm³/mol. The Bertz CT molecular complexity index is 488. The van der Waals surface area contributed by atoms with Crippen molar-refractivity contribution < 1.29 is 19.7 Å². The maximum Gasteiger partial charge on any atom is 0.310 e. The summed E-state index contributed by atoms with van der Waals surface area (Å²) in [5.41, 5.74) is 0.628. The molecule has 5 nitrogen and oxygen atoms in total. The fourth-order valence-electron chi connectivity index (χ4n) is 2.69. The molecule has 1 saturated heterocycles. The van der Waals surface area contributed by atoms with Crippen LogP contribution < -0.4 is 0 Å². The van der Waals surface area contributed by atoms with E-state index in [0.29, 0.717) is 23.7 Å². The molecule has 2 rings (SSSR count). The Labute approximate surface area is 129 Å². The molecule has 2 unspecified atom stereocenters. The molecule has 1 aromatic rings. The highest BCUT2D eigenvalue weighted by atomic mass is 35.5. The maximum atomic E-state index is 11.3. The SMILES string of the molecule is CCCN(Cc1c(O)cccc1Cl)C1COCC1C(=O)O. The van der Waals surface area contributed by atoms with E-state index < -0.39 is 11.9 Å². The van der Waals surface area contributed by atoms with Crippen molar-refractivity contribution in [2.24, 2.45) is 5.92 Å². The van der Waals surface area contributed by atoms with Gasteiger partial charge >= 0.3 is 5.97 Å². The molecule has 1 fully saturated rings. The van der Waals surface area contributed by atoms with E-state index in [1.54, 1.807) is 18.2 Å². The standard InChI is InChI=1S/C15H20ClNO4/c1-2-6-17(13-9-21-8-11(13)15(19)20)7-10-12(16)4-3-5-14(10)18/h3-5,11,13,18H,2,6-9H2,1H3,(H,19,20). The van der Waals surface area contributed by atoms with Gasteiger partial charge in [0, 0.05) is 23.2 Å². The molecule has 0 aromatic heterocycles. The van der Waals surface area contributed by atoms with E-state index in [9.17, 15) is 15.0 Å². The van der Waals surface area contributed by atoms with Crippen molar-refractivity contribution in [3.8, 4) is 5.75 Å². The fourth-order valence-corrected chi connectivity index (χ4v) is 2.92. The van der Waals surface area contributed by atoms with Gasteiger partial charge in [-0.2, -0.15) is 0 Å². The highest BCUT2D eigenvalue weighted by molar-refractivity contribution is 6.31. The van der Waals surface area contributed by atoms with Crippen LogP contribution in [-0.4, -0.2) is 46.9 Å². The molecule has 2 atom stereocenters. The number of carboxylic acids is 1. The Kier molecular flexibility index (Phi) is 5.45. The lowest BCUT2D eigenvalue weighted by atomic mass is 10.0. The Morgan fingerprint density at radius 3 is 2.86 bits per heavy atom. The van der Waals surface area contributed by atoms with Crippen molar-refractivity contribution >= 4 is 17.6 Å². The van der Waals surface area contributed by atoms with Crippen LogP contribution in [0.2, 0.25) is 5.02 Å². The summed E-state index contributed by atoms with van der Waals surface area (Å²) in [6.45, 7) is 3.79. The minimum absolute atomic E-state index is 0.134. The van der Waals surface area contributed by atoms with Gasteiger partial charge in [0.2, 0.25) is 0 Å². The minimum Gasteiger partial charge on any atom is -0.508 e. The first kappa shape index (κ1) is 16.1. The summed E-state index contributed by atoms with van der Waals surface area (Å²) in [6.07, 6.45) is 0.883. The number of nitrogens with zero attached hydrogens (tertiary/aromatic N) is 1. The first-order chi connectivity index (χ1) is 10.0. The second kappa shape index (κ2) is 7.11. The van der Waals surface area contributed by atoms with Crippen LogP contribution in [0.3, 0.4) is 0 Å². The number of aliphatic carboxylic acids is 1. The van der Waals surface area contributed by atoms with Crippen molar-refractivity contribution in [3.05, 3.63) is 28.8 Å². The topological polar surface area (TPSA) is 70.0 Å². The molecule has 0 radical (unpaired) electrons. The van der Waals surface area contributed by atoms with Gasteiger partial charge in [-0.15, -0.1) is 0 Å². The van der Waals surface area contributed by atoms with E-state index in [-0.39, 0.29) is 18.4 Å². The van der Waals surface area contributed by atoms with E-state index in [0.717, 1.165) is 13.0 Å². The van der Waals surface area contributed by atoms with Crippen LogP contribution in [0.1, 0.15) is 18.9 Å². The number of benzene rings is 1. The molecule has 1 aliphatic rings. The third-order valence-corrected chi connectivity index (χ3v) is 4.16. The zero-order valence-corrected chi connectivity index (χ0v) is 12.7. The maximum absolute atomic E-state index is 11.3. The third-order valence-electron chi connectivity index (χ3n) is 3.80. The first-order valence-electron chi connectivity index (χ1n) is 7.05. The number of carbonyl (C=O) groups is 1. The van der Waals surface area contributed by atoms with E-state index in [1.165, 1.54) is 0 Å². The molecule has 21 heavy (non-hydrogen) atoms. The molecule has 1 aromatic carbocycles. The van der Waals surface area contributed by atoms with Crippen molar-refractivity contribution in [1.29, 1.82) is 0 Å². The summed E-state index contributed by atoms with van der Waals surface area (Å²) in [4.78, 5) is 13.4. The second-order valence-corrected chi connectivity index (χ2v) is 5.66. The molecule has 116 valence electrons. The molecule has 0 saturated carbocycles. The molecule has 0 amide bonds. The third kappa shape index (κ3) is 3.67. The number of hydrogen-bond donors (Lipinski definition) is 2. The van der Waals surface area contributed by atoms with E-state index in [1.807, 2.05) is 11.8 Å². The lowest BCUT2D eigenvalue weighted by molar-refractivity contribution is -0.143. The minimum atomic E-state index is -0.845. The Hall–Kier alpha value is -1.30. The number of ether oxygens (including phenoxy) is 1. The van der Waals surface area contributed by atoms with Crippen LogP contribution in [0.25, 0.3) is 0 Å². The summed E-state index contributed by atoms with van der Waals surface area (Å²) in [5, 5.41) is 19.7. The number of hydrogen-bond acceptors (Lipinski definition) is 4. The predicted octanol–water partition coefficient (Wildman–Crippen LogP) is 2.36. The summed E-state index contributed by atoms with van der Waals surface area (Å²) in [7, 11) is 0. The van der Waals surface area contributed by atoms with Crippen LogP contribution in [-0.2, 0) is 16.1 Å². The van der Waals surface area contributed by atoms with Gasteiger partial charge < -0.3 is 14.9 Å². The zero-order chi connectivity index (χ0) is 15.4. The Balaban J connectivity index is 2.21. The van der Waals surface area contributed by atoms with E-state index in [2.05, 4.69) is 0 Å². The summed E-state index contributed by atoms with van der Waals surface area (Å²) >= 11 is 6.15. The van der Waals surface area contributed by atoms with Crippen molar-refractivity contribution in [3.63, 3.8) is 0 Å². The van der Waals surface area contributed by atoms with Crippen molar-refractivity contribution in [1.82, 2.24) is 4.90 Å². The number of rotatable bonds is 6. The molecule has 0 bridgehead atoms. The first-order valence-corrected chi connectivity index (χ1v) is 7.43. The quantitative estimate of drug-likeness (QED) is 0.843. The summed E-state index contributed by atoms with van der Waals surface area (Å²) in [6, 6.07) is 4.80. The molecular weight excluding hydrogens is 294 g/mol. The molecule has 2 N–H and O–H groups in total. The van der Waals surface area contributed by atoms with Gasteiger partial charge in [-0.05, 0) is 25.1 Å². The van der Waals surface area contributed by atoms with Gasteiger partial charge in [0.25, 0.3) is 0 Å². The summed E-state index contributed by atoms with van der Waals surface area (Å²) in [5.74, 6) is -1.25. The van der Waals surface area contributed by atoms with Gasteiger partial charge in [0.15, 0.2) is 0 Å². The molecular formula is C15H20ClNO4. The Morgan fingerprint density at radius 1 is 1.48 bits per heavy atom. The van der Waals surface area contributed by atoms with Gasteiger partial charge in [0.05, 0.1) is 19.1 Å². The second-order valence-electron chi connectivity index (χ2n) is 5.26. The Morgan fingerprint density at radius 2 is 2.24 bits per heavy atom. The van der Waals surface area contributed by atoms with Gasteiger partial charge in [-0.3, -0.25) is 9.69 Å². The van der Waals surface area contributed by atoms with Gasteiger partial charge in [-0.25, -0.2) is 0 Å². The molecule has 0 aliphatic carbocycles. The highest BCUT2D eigenvalue weighted by Crippen LogP contribution is 2.29. The summed E-state index contributed by atoms with van der Waals surface area (Å²) < 4.78 is 5.34. The van der Waals surface area contributed by atoms with Crippen molar-refractivity contribution in [2.75, 3.05) is 19.8 Å². The largest absolute Gasteiger partial charge is 0.508 e. The number of carboxylic acid groups (broad SMARTS) is 1. The monoisotopic (exact) mass is 313 g/mol. The van der Waals surface area contributed by atoms with Crippen LogP contribution in [0.5, 0.6) is 5.75 Å². The van der Waals surface area contributed by atoms with E-state index in [4.69, 9.17) is 16.3 Å². The lowest BCUT2D eigenvalue weighted by Gasteiger charge is -2.30. The number of halogens is 1. The number of aromatic hydroxyl groups is 1. The average Bonchev–Trinajstić information content (AvgIpc) is 2.91. The smallest absolute Gasteiger partial charge is 0.310 e. The lowest BCUT2D eigenvalue weighted by Crippen LogP contribution is -2.43. The van der Waals surface area contributed by atoms with Crippen LogP contribution in [0.15, 0.2) is 18.2 Å². The van der Waals surface area contributed by atoms with Crippen LogP contribution in [0.4, 0.5) is 0 Å². The molecule has 6 heteroatoms. The molecule has 1 heterocycles. The van der Waals surface area contributed by atoms with Gasteiger partial charge in [-0.1, -0.05) is 24.6 Å².